The summed E-state index contributed by atoms with van der Waals surface area (Å²) in [5.41, 5.74) is 0.732. The third kappa shape index (κ3) is 3.08. The molecule has 0 bridgehead atoms. The first kappa shape index (κ1) is 14.3. The van der Waals surface area contributed by atoms with E-state index in [0.29, 0.717) is 0 Å². The lowest BCUT2D eigenvalue weighted by Crippen LogP contribution is -2.13. The predicted molar refractivity (Wildman–Crippen MR) is 76.9 cm³/mol. The van der Waals surface area contributed by atoms with Crippen LogP contribution < -0.4 is 4.74 Å². The minimum absolute atomic E-state index is 0.205. The van der Waals surface area contributed by atoms with Crippen LogP contribution in [0.25, 0.3) is 10.8 Å². The Labute approximate surface area is 117 Å². The molecule has 2 atom stereocenters. The quantitative estimate of drug-likeness (QED) is 0.879. The lowest BCUT2D eigenvalue weighted by Gasteiger charge is -2.14. The molecular weight excluding hydrogens is 256 g/mol. The number of aliphatic carboxylic acids is 1. The summed E-state index contributed by atoms with van der Waals surface area (Å²) in [6.45, 7) is 1.59. The Morgan fingerprint density at radius 2 is 1.85 bits per heavy atom. The topological polar surface area (TPSA) is 66.8 Å². The van der Waals surface area contributed by atoms with Gasteiger partial charge in [-0.2, -0.15) is 0 Å². The largest absolute Gasteiger partial charge is 0.497 e. The summed E-state index contributed by atoms with van der Waals surface area (Å²) < 4.78 is 5.16. The molecule has 0 aromatic heterocycles. The first-order chi connectivity index (χ1) is 9.51. The lowest BCUT2D eigenvalue weighted by atomic mass is 9.96. The fourth-order valence-electron chi connectivity index (χ4n) is 2.15. The van der Waals surface area contributed by atoms with E-state index < -0.39 is 18.0 Å². The maximum atomic E-state index is 10.8. The molecular formula is C16H18O4. The van der Waals surface area contributed by atoms with Gasteiger partial charge in [0.2, 0.25) is 0 Å². The number of benzene rings is 2. The molecule has 0 radical (unpaired) electrons. The van der Waals surface area contributed by atoms with Crippen LogP contribution in [0.1, 0.15) is 25.0 Å². The number of ether oxygens (including phenoxy) is 1. The summed E-state index contributed by atoms with van der Waals surface area (Å²) >= 11 is 0. The number of carboxylic acid groups (broad SMARTS) is 1. The lowest BCUT2D eigenvalue weighted by molar-refractivity contribution is -0.142. The summed E-state index contributed by atoms with van der Waals surface area (Å²) in [6, 6.07) is 11.3. The van der Waals surface area contributed by atoms with E-state index in [4.69, 9.17) is 9.84 Å². The summed E-state index contributed by atoms with van der Waals surface area (Å²) in [5, 5.41) is 21.0. The molecule has 2 rings (SSSR count). The monoisotopic (exact) mass is 274 g/mol. The first-order valence-corrected chi connectivity index (χ1v) is 6.50. The van der Waals surface area contributed by atoms with Crippen molar-refractivity contribution in [1.29, 1.82) is 0 Å². The van der Waals surface area contributed by atoms with Crippen LogP contribution >= 0.6 is 0 Å². The molecule has 2 aromatic rings. The summed E-state index contributed by atoms with van der Waals surface area (Å²) in [7, 11) is 1.62. The molecule has 0 amide bonds. The van der Waals surface area contributed by atoms with Crippen molar-refractivity contribution in [3.05, 3.63) is 42.0 Å². The highest BCUT2D eigenvalue weighted by Gasteiger charge is 2.17. The van der Waals surface area contributed by atoms with Gasteiger partial charge in [-0.3, -0.25) is 4.79 Å². The zero-order chi connectivity index (χ0) is 14.7. The molecule has 0 aliphatic carbocycles. The molecule has 0 aliphatic rings. The zero-order valence-corrected chi connectivity index (χ0v) is 11.5. The minimum Gasteiger partial charge on any atom is -0.497 e. The van der Waals surface area contributed by atoms with Gasteiger partial charge in [-0.1, -0.05) is 25.1 Å². The molecule has 20 heavy (non-hydrogen) atoms. The van der Waals surface area contributed by atoms with Gasteiger partial charge < -0.3 is 14.9 Å². The highest BCUT2D eigenvalue weighted by Crippen LogP contribution is 2.27. The Kier molecular flexibility index (Phi) is 4.25. The summed E-state index contributed by atoms with van der Waals surface area (Å²) in [4.78, 5) is 10.8. The highest BCUT2D eigenvalue weighted by molar-refractivity contribution is 5.84. The van der Waals surface area contributed by atoms with Gasteiger partial charge in [-0.25, -0.2) is 0 Å². The Morgan fingerprint density at radius 3 is 2.50 bits per heavy atom. The smallest absolute Gasteiger partial charge is 0.306 e. The van der Waals surface area contributed by atoms with Crippen molar-refractivity contribution in [1.82, 2.24) is 0 Å². The molecule has 4 heteroatoms. The minimum atomic E-state index is -0.894. The van der Waals surface area contributed by atoms with Gasteiger partial charge in [0.15, 0.2) is 0 Å². The van der Waals surface area contributed by atoms with Crippen LogP contribution in [0.3, 0.4) is 0 Å². The Bertz CT molecular complexity index is 621. The van der Waals surface area contributed by atoms with E-state index in [1.165, 1.54) is 0 Å². The Hall–Kier alpha value is -2.07. The maximum Gasteiger partial charge on any atom is 0.306 e. The zero-order valence-electron chi connectivity index (χ0n) is 11.5. The average molecular weight is 274 g/mol. The van der Waals surface area contributed by atoms with Gasteiger partial charge in [-0.15, -0.1) is 0 Å². The molecule has 0 saturated heterocycles. The molecule has 2 unspecified atom stereocenters. The number of aliphatic hydroxyl groups is 1. The van der Waals surface area contributed by atoms with E-state index in [-0.39, 0.29) is 6.42 Å². The first-order valence-electron chi connectivity index (χ1n) is 6.50. The van der Waals surface area contributed by atoms with Crippen LogP contribution in [0.2, 0.25) is 0 Å². The van der Waals surface area contributed by atoms with E-state index in [9.17, 15) is 9.90 Å². The third-order valence-electron chi connectivity index (χ3n) is 3.45. The summed E-state index contributed by atoms with van der Waals surface area (Å²) in [6.07, 6.45) is -0.565. The van der Waals surface area contributed by atoms with E-state index >= 15 is 0 Å². The van der Waals surface area contributed by atoms with Crippen LogP contribution in [0.15, 0.2) is 36.4 Å². The molecule has 4 nitrogen and oxygen atoms in total. The van der Waals surface area contributed by atoms with Crippen LogP contribution in [0.5, 0.6) is 5.75 Å². The normalized spacial score (nSPS) is 13.9. The molecule has 2 N–H and O–H groups in total. The van der Waals surface area contributed by atoms with Crippen molar-refractivity contribution in [2.24, 2.45) is 5.92 Å². The van der Waals surface area contributed by atoms with Gasteiger partial charge in [0, 0.05) is 0 Å². The third-order valence-corrected chi connectivity index (χ3v) is 3.45. The number of carboxylic acids is 1. The van der Waals surface area contributed by atoms with Gasteiger partial charge in [0.05, 0.1) is 19.1 Å². The number of fused-ring (bicyclic) bond motifs is 1. The van der Waals surface area contributed by atoms with Gasteiger partial charge in [-0.05, 0) is 41.0 Å². The molecule has 2 aromatic carbocycles. The average Bonchev–Trinajstić information content (AvgIpc) is 2.45. The fourth-order valence-corrected chi connectivity index (χ4v) is 2.15. The van der Waals surface area contributed by atoms with E-state index in [0.717, 1.165) is 22.1 Å². The molecule has 0 saturated carbocycles. The van der Waals surface area contributed by atoms with E-state index in [1.54, 1.807) is 14.0 Å². The van der Waals surface area contributed by atoms with Crippen LogP contribution in [-0.4, -0.2) is 23.3 Å². The van der Waals surface area contributed by atoms with Gasteiger partial charge in [0.1, 0.15) is 5.75 Å². The molecule has 106 valence electrons. The predicted octanol–water partition coefficient (Wildman–Crippen LogP) is 2.99. The Morgan fingerprint density at radius 1 is 1.20 bits per heavy atom. The van der Waals surface area contributed by atoms with E-state index in [2.05, 4.69) is 0 Å². The number of aliphatic hydroxyl groups excluding tert-OH is 1. The number of methoxy groups -OCH3 is 1. The van der Waals surface area contributed by atoms with Crippen LogP contribution in [0, 0.1) is 5.92 Å². The molecule has 0 spiro atoms. The van der Waals surface area contributed by atoms with Crippen molar-refractivity contribution >= 4 is 16.7 Å². The maximum absolute atomic E-state index is 10.8. The van der Waals surface area contributed by atoms with Crippen molar-refractivity contribution in [2.75, 3.05) is 7.11 Å². The van der Waals surface area contributed by atoms with Gasteiger partial charge >= 0.3 is 5.97 Å². The second kappa shape index (κ2) is 5.92. The Balaban J connectivity index is 2.25. The van der Waals surface area contributed by atoms with Crippen molar-refractivity contribution in [2.45, 2.75) is 19.4 Å². The molecule has 0 fully saturated rings. The van der Waals surface area contributed by atoms with Crippen molar-refractivity contribution in [3.63, 3.8) is 0 Å². The summed E-state index contributed by atoms with van der Waals surface area (Å²) in [5.74, 6) is -0.684. The van der Waals surface area contributed by atoms with Crippen molar-refractivity contribution in [3.8, 4) is 5.75 Å². The van der Waals surface area contributed by atoms with Crippen LogP contribution in [-0.2, 0) is 4.79 Å². The standard InChI is InChI=1S/C16H18O4/c1-10(16(18)19)7-15(17)13-4-3-12-9-14(20-2)6-5-11(12)8-13/h3-6,8-10,15,17H,7H2,1-2H3,(H,18,19). The molecule has 0 aliphatic heterocycles. The van der Waals surface area contributed by atoms with Gasteiger partial charge in [0.25, 0.3) is 0 Å². The van der Waals surface area contributed by atoms with Crippen molar-refractivity contribution < 1.29 is 19.7 Å². The highest BCUT2D eigenvalue weighted by atomic mass is 16.5. The number of hydrogen-bond donors (Lipinski definition) is 2. The fraction of sp³-hybridized carbons (Fsp3) is 0.312. The van der Waals surface area contributed by atoms with E-state index in [1.807, 2.05) is 36.4 Å². The second-order valence-corrected chi connectivity index (χ2v) is 4.96. The number of rotatable bonds is 5. The van der Waals surface area contributed by atoms with Crippen LogP contribution in [0.4, 0.5) is 0 Å². The number of carbonyl (C=O) groups is 1. The molecule has 0 heterocycles. The number of hydrogen-bond acceptors (Lipinski definition) is 3. The second-order valence-electron chi connectivity index (χ2n) is 4.96. The SMILES string of the molecule is COc1ccc2cc(C(O)CC(C)C(=O)O)ccc2c1.